The van der Waals surface area contributed by atoms with Crippen LogP contribution < -0.4 is 5.73 Å². The SMILES string of the molecule is Cc1c[c]nc(C)c1CN. The lowest BCUT2D eigenvalue weighted by Crippen LogP contribution is -2.03. The highest BCUT2D eigenvalue weighted by Crippen LogP contribution is 2.07. The molecule has 0 bridgehead atoms. The number of hydrogen-bond donors (Lipinski definition) is 1. The Kier molecular flexibility index (Phi) is 2.02. The predicted octanol–water partition coefficient (Wildman–Crippen LogP) is 0.957. The van der Waals surface area contributed by atoms with E-state index in [0.717, 1.165) is 11.3 Å². The third-order valence-corrected chi connectivity index (χ3v) is 1.63. The third kappa shape index (κ3) is 1.16. The summed E-state index contributed by atoms with van der Waals surface area (Å²) in [6.45, 7) is 4.54. The van der Waals surface area contributed by atoms with Crippen LogP contribution in [0.3, 0.4) is 0 Å². The summed E-state index contributed by atoms with van der Waals surface area (Å²) < 4.78 is 0. The summed E-state index contributed by atoms with van der Waals surface area (Å²) in [4.78, 5) is 4.01. The van der Waals surface area contributed by atoms with Gasteiger partial charge in [0, 0.05) is 12.2 Å². The van der Waals surface area contributed by atoms with E-state index in [2.05, 4.69) is 11.2 Å². The monoisotopic (exact) mass is 135 g/mol. The highest BCUT2D eigenvalue weighted by molar-refractivity contribution is 5.27. The van der Waals surface area contributed by atoms with Crippen LogP contribution in [0.1, 0.15) is 16.8 Å². The normalized spacial score (nSPS) is 9.90. The van der Waals surface area contributed by atoms with Crippen LogP contribution in [0.4, 0.5) is 0 Å². The Morgan fingerprint density at radius 1 is 1.60 bits per heavy atom. The second-order valence-electron chi connectivity index (χ2n) is 2.34. The highest BCUT2D eigenvalue weighted by Gasteiger charge is 1.98. The fourth-order valence-corrected chi connectivity index (χ4v) is 0.975. The van der Waals surface area contributed by atoms with E-state index >= 15 is 0 Å². The Hall–Kier alpha value is -0.890. The van der Waals surface area contributed by atoms with Gasteiger partial charge in [0.05, 0.1) is 6.20 Å². The van der Waals surface area contributed by atoms with Crippen LogP contribution in [-0.2, 0) is 6.54 Å². The molecule has 0 aliphatic rings. The lowest BCUT2D eigenvalue weighted by atomic mass is 10.1. The molecule has 0 fully saturated rings. The molecule has 0 unspecified atom stereocenters. The first kappa shape index (κ1) is 7.22. The van der Waals surface area contributed by atoms with Crippen LogP contribution in [0.5, 0.6) is 0 Å². The third-order valence-electron chi connectivity index (χ3n) is 1.63. The van der Waals surface area contributed by atoms with E-state index in [0.29, 0.717) is 6.54 Å². The standard InChI is InChI=1S/C8H11N2/c1-6-3-4-10-7(2)8(6)5-9/h3H,5,9H2,1-2H3. The lowest BCUT2D eigenvalue weighted by Gasteiger charge is -2.03. The molecule has 0 atom stereocenters. The van der Waals surface area contributed by atoms with E-state index in [1.54, 1.807) is 0 Å². The first-order valence-electron chi connectivity index (χ1n) is 3.29. The van der Waals surface area contributed by atoms with Crippen molar-refractivity contribution in [3.63, 3.8) is 0 Å². The summed E-state index contributed by atoms with van der Waals surface area (Å²) >= 11 is 0. The fourth-order valence-electron chi connectivity index (χ4n) is 0.975. The molecule has 0 aliphatic heterocycles. The number of rotatable bonds is 1. The van der Waals surface area contributed by atoms with Gasteiger partial charge in [-0.3, -0.25) is 4.98 Å². The Labute approximate surface area is 61.1 Å². The lowest BCUT2D eigenvalue weighted by molar-refractivity contribution is 0.984. The maximum absolute atomic E-state index is 5.50. The molecule has 0 spiro atoms. The molecule has 1 aromatic heterocycles. The number of hydrogen-bond acceptors (Lipinski definition) is 2. The maximum atomic E-state index is 5.50. The van der Waals surface area contributed by atoms with Crippen LogP contribution in [-0.4, -0.2) is 4.98 Å². The minimum atomic E-state index is 0.569. The Bertz CT molecular complexity index is 210. The Morgan fingerprint density at radius 3 is 2.70 bits per heavy atom. The summed E-state index contributed by atoms with van der Waals surface area (Å²) in [5.74, 6) is 0. The summed E-state index contributed by atoms with van der Waals surface area (Å²) in [6.07, 6.45) is 2.80. The van der Waals surface area contributed by atoms with Crippen molar-refractivity contribution in [1.29, 1.82) is 0 Å². The van der Waals surface area contributed by atoms with Crippen LogP contribution >= 0.6 is 0 Å². The van der Waals surface area contributed by atoms with E-state index in [1.807, 2.05) is 19.9 Å². The van der Waals surface area contributed by atoms with Gasteiger partial charge in [-0.05, 0) is 31.0 Å². The smallest absolute Gasteiger partial charge is 0.0892 e. The molecule has 0 saturated carbocycles. The highest BCUT2D eigenvalue weighted by atomic mass is 14.7. The topological polar surface area (TPSA) is 38.9 Å². The number of pyridine rings is 1. The van der Waals surface area contributed by atoms with Gasteiger partial charge in [0.1, 0.15) is 0 Å². The molecule has 1 radical (unpaired) electrons. The average molecular weight is 135 g/mol. The Morgan fingerprint density at radius 2 is 2.30 bits per heavy atom. The second-order valence-corrected chi connectivity index (χ2v) is 2.34. The second kappa shape index (κ2) is 2.80. The zero-order valence-electron chi connectivity index (χ0n) is 6.31. The summed E-state index contributed by atoms with van der Waals surface area (Å²) in [5.41, 5.74) is 8.80. The van der Waals surface area contributed by atoms with E-state index in [1.165, 1.54) is 5.56 Å². The molecular weight excluding hydrogens is 124 g/mol. The van der Waals surface area contributed by atoms with Gasteiger partial charge in [-0.25, -0.2) is 0 Å². The first-order valence-corrected chi connectivity index (χ1v) is 3.29. The number of aromatic nitrogens is 1. The van der Waals surface area contributed by atoms with Crippen molar-refractivity contribution >= 4 is 0 Å². The summed E-state index contributed by atoms with van der Waals surface area (Å²) in [6, 6.07) is 1.86. The van der Waals surface area contributed by atoms with Gasteiger partial charge < -0.3 is 5.73 Å². The van der Waals surface area contributed by atoms with Crippen molar-refractivity contribution in [2.24, 2.45) is 5.73 Å². The van der Waals surface area contributed by atoms with Crippen LogP contribution in [0.25, 0.3) is 0 Å². The quantitative estimate of drug-likeness (QED) is 0.622. The van der Waals surface area contributed by atoms with Gasteiger partial charge in [0.15, 0.2) is 0 Å². The minimum absolute atomic E-state index is 0.569. The summed E-state index contributed by atoms with van der Waals surface area (Å²) in [5, 5.41) is 0. The van der Waals surface area contributed by atoms with Crippen molar-refractivity contribution in [2.45, 2.75) is 20.4 Å². The molecule has 53 valence electrons. The first-order chi connectivity index (χ1) is 4.75. The van der Waals surface area contributed by atoms with Crippen molar-refractivity contribution in [3.8, 4) is 0 Å². The van der Waals surface area contributed by atoms with E-state index in [-0.39, 0.29) is 0 Å². The fraction of sp³-hybridized carbons (Fsp3) is 0.375. The van der Waals surface area contributed by atoms with Crippen LogP contribution in [0, 0.1) is 20.0 Å². The number of nitrogens with two attached hydrogens (primary N) is 1. The van der Waals surface area contributed by atoms with E-state index in [9.17, 15) is 0 Å². The van der Waals surface area contributed by atoms with Crippen LogP contribution in [0.2, 0.25) is 0 Å². The molecule has 0 aliphatic carbocycles. The molecular formula is C8H11N2. The zero-order chi connectivity index (χ0) is 7.56. The zero-order valence-corrected chi connectivity index (χ0v) is 6.31. The predicted molar refractivity (Wildman–Crippen MR) is 40.4 cm³/mol. The van der Waals surface area contributed by atoms with Gasteiger partial charge >= 0.3 is 0 Å². The van der Waals surface area contributed by atoms with Gasteiger partial charge in [-0.2, -0.15) is 0 Å². The molecule has 1 aromatic rings. The number of aryl methyl sites for hydroxylation is 2. The van der Waals surface area contributed by atoms with Gasteiger partial charge in [0.25, 0.3) is 0 Å². The van der Waals surface area contributed by atoms with Gasteiger partial charge in [-0.15, -0.1) is 0 Å². The molecule has 2 N–H and O–H groups in total. The molecule has 2 heteroatoms. The molecule has 2 nitrogen and oxygen atoms in total. The molecule has 1 heterocycles. The van der Waals surface area contributed by atoms with Crippen LogP contribution in [0.15, 0.2) is 6.07 Å². The van der Waals surface area contributed by atoms with Gasteiger partial charge in [0.2, 0.25) is 0 Å². The largest absolute Gasteiger partial charge is 0.326 e. The molecule has 0 aromatic carbocycles. The molecule has 1 rings (SSSR count). The minimum Gasteiger partial charge on any atom is -0.326 e. The molecule has 0 amide bonds. The van der Waals surface area contributed by atoms with E-state index < -0.39 is 0 Å². The Balaban J connectivity index is 3.17. The maximum Gasteiger partial charge on any atom is 0.0892 e. The van der Waals surface area contributed by atoms with Crippen molar-refractivity contribution in [3.05, 3.63) is 29.1 Å². The number of nitrogens with zero attached hydrogens (tertiary/aromatic N) is 1. The molecule has 10 heavy (non-hydrogen) atoms. The van der Waals surface area contributed by atoms with Gasteiger partial charge in [-0.1, -0.05) is 0 Å². The summed E-state index contributed by atoms with van der Waals surface area (Å²) in [7, 11) is 0. The average Bonchev–Trinajstić information content (AvgIpc) is 1.88. The molecule has 0 saturated heterocycles. The van der Waals surface area contributed by atoms with Crippen molar-refractivity contribution in [2.75, 3.05) is 0 Å². The van der Waals surface area contributed by atoms with Crippen molar-refractivity contribution in [1.82, 2.24) is 4.98 Å². The van der Waals surface area contributed by atoms with Crippen molar-refractivity contribution < 1.29 is 0 Å². The van der Waals surface area contributed by atoms with E-state index in [4.69, 9.17) is 5.73 Å².